The number of halogens is 2. The van der Waals surface area contributed by atoms with Crippen LogP contribution in [-0.4, -0.2) is 17.8 Å². The number of carbonyl (C=O) groups excluding carboxylic acids is 1. The van der Waals surface area contributed by atoms with Crippen molar-refractivity contribution in [3.63, 3.8) is 0 Å². The molecule has 1 aromatic carbocycles. The molecule has 0 saturated heterocycles. The third-order valence-corrected chi connectivity index (χ3v) is 3.19. The molecule has 4 heteroatoms. The highest BCUT2D eigenvalue weighted by Gasteiger charge is 2.17. The molecule has 0 fully saturated rings. The average molecular weight is 302 g/mol. The van der Waals surface area contributed by atoms with E-state index in [1.807, 2.05) is 12.1 Å². The van der Waals surface area contributed by atoms with Gasteiger partial charge in [0, 0.05) is 11.6 Å². The van der Waals surface area contributed by atoms with Gasteiger partial charge in [-0.3, -0.25) is 4.79 Å². The number of hydrogen-bond donors (Lipinski definition) is 1. The van der Waals surface area contributed by atoms with E-state index in [1.54, 1.807) is 12.1 Å². The lowest BCUT2D eigenvalue weighted by Crippen LogP contribution is -2.32. The highest BCUT2D eigenvalue weighted by molar-refractivity contribution is 6.30. The Hall–Kier alpha value is -0.730. The van der Waals surface area contributed by atoms with Gasteiger partial charge in [-0.1, -0.05) is 44.5 Å². The number of carbonyl (C=O) groups is 1. The Bertz CT molecular complexity index is 409. The zero-order valence-electron chi connectivity index (χ0n) is 11.7. The predicted molar refractivity (Wildman–Crippen MR) is 81.9 cm³/mol. The van der Waals surface area contributed by atoms with E-state index in [-0.39, 0.29) is 16.7 Å². The van der Waals surface area contributed by atoms with Crippen LogP contribution in [0.1, 0.15) is 32.8 Å². The molecule has 2 nitrogen and oxygen atoms in total. The Labute approximate surface area is 125 Å². The van der Waals surface area contributed by atoms with E-state index < -0.39 is 0 Å². The highest BCUT2D eigenvalue weighted by Crippen LogP contribution is 2.23. The lowest BCUT2D eigenvalue weighted by atomic mass is 9.90. The lowest BCUT2D eigenvalue weighted by molar-refractivity contribution is -0.120. The number of alkyl halides is 1. The lowest BCUT2D eigenvalue weighted by Gasteiger charge is -2.22. The van der Waals surface area contributed by atoms with E-state index in [1.165, 1.54) is 0 Å². The summed E-state index contributed by atoms with van der Waals surface area (Å²) in [6.07, 6.45) is 1.23. The molecule has 0 heterocycles. The number of benzene rings is 1. The molecule has 0 aliphatic rings. The fraction of sp³-hybridized carbons (Fsp3) is 0.533. The third kappa shape index (κ3) is 7.44. The Balaban J connectivity index is 2.34. The quantitative estimate of drug-likeness (QED) is 0.817. The van der Waals surface area contributed by atoms with Crippen molar-refractivity contribution in [3.05, 3.63) is 34.9 Å². The minimum absolute atomic E-state index is 0.0121. The van der Waals surface area contributed by atoms with E-state index in [2.05, 4.69) is 26.1 Å². The molecular formula is C15H21Cl2NO. The summed E-state index contributed by atoms with van der Waals surface area (Å²) in [5.74, 6) is -0.0121. The summed E-state index contributed by atoms with van der Waals surface area (Å²) in [6, 6.07) is 7.28. The summed E-state index contributed by atoms with van der Waals surface area (Å²) < 4.78 is 0. The molecule has 1 rings (SSSR count). The van der Waals surface area contributed by atoms with E-state index >= 15 is 0 Å². The highest BCUT2D eigenvalue weighted by atomic mass is 35.5. The number of amides is 1. The molecule has 1 amide bonds. The van der Waals surface area contributed by atoms with E-state index in [0.717, 1.165) is 12.0 Å². The number of nitrogens with one attached hydrogen (secondary N) is 1. The molecule has 1 N–H and O–H groups in total. The fourth-order valence-electron chi connectivity index (χ4n) is 1.81. The van der Waals surface area contributed by atoms with Crippen LogP contribution < -0.4 is 5.32 Å². The molecule has 0 saturated carbocycles. The summed E-state index contributed by atoms with van der Waals surface area (Å²) in [5.41, 5.74) is 1.12. The van der Waals surface area contributed by atoms with Crippen LogP contribution in [0.2, 0.25) is 5.02 Å². The maximum atomic E-state index is 11.8. The second-order valence-electron chi connectivity index (χ2n) is 5.97. The second-order valence-corrected chi connectivity index (χ2v) is 7.02. The van der Waals surface area contributed by atoms with Crippen LogP contribution in [0, 0.1) is 5.41 Å². The zero-order valence-corrected chi connectivity index (χ0v) is 13.2. The zero-order chi connectivity index (χ0) is 14.5. The third-order valence-electron chi connectivity index (χ3n) is 2.63. The van der Waals surface area contributed by atoms with Gasteiger partial charge in [0.15, 0.2) is 0 Å². The minimum Gasteiger partial charge on any atom is -0.354 e. The standard InChI is InChI=1S/C15H21Cl2NO/c1-15(2,3)9-13(17)10-18-14(19)8-11-4-6-12(16)7-5-11/h4-7,13H,8-10H2,1-3H3,(H,18,19). The van der Waals surface area contributed by atoms with Crippen LogP contribution in [-0.2, 0) is 11.2 Å². The molecule has 1 atom stereocenters. The van der Waals surface area contributed by atoms with Gasteiger partial charge in [0.2, 0.25) is 5.91 Å². The van der Waals surface area contributed by atoms with Gasteiger partial charge in [0.1, 0.15) is 0 Å². The van der Waals surface area contributed by atoms with Crippen LogP contribution in [0.4, 0.5) is 0 Å². The van der Waals surface area contributed by atoms with Crippen molar-refractivity contribution in [1.82, 2.24) is 5.32 Å². The maximum Gasteiger partial charge on any atom is 0.224 e. The summed E-state index contributed by atoms with van der Waals surface area (Å²) in [7, 11) is 0. The van der Waals surface area contributed by atoms with Gasteiger partial charge in [-0.25, -0.2) is 0 Å². The first-order chi connectivity index (χ1) is 8.76. The first kappa shape index (κ1) is 16.3. The minimum atomic E-state index is -0.0332. The molecule has 0 radical (unpaired) electrons. The van der Waals surface area contributed by atoms with Gasteiger partial charge >= 0.3 is 0 Å². The molecule has 0 aliphatic heterocycles. The van der Waals surface area contributed by atoms with Crippen molar-refractivity contribution in [2.24, 2.45) is 5.41 Å². The normalized spacial score (nSPS) is 13.1. The van der Waals surface area contributed by atoms with Crippen molar-refractivity contribution in [3.8, 4) is 0 Å². The molecule has 0 bridgehead atoms. The fourth-order valence-corrected chi connectivity index (χ4v) is 2.48. The summed E-state index contributed by atoms with van der Waals surface area (Å²) in [6.45, 7) is 6.92. The summed E-state index contributed by atoms with van der Waals surface area (Å²) in [4.78, 5) is 11.8. The van der Waals surface area contributed by atoms with Crippen LogP contribution >= 0.6 is 23.2 Å². The molecule has 1 unspecified atom stereocenters. The van der Waals surface area contributed by atoms with Crippen molar-refractivity contribution in [2.45, 2.75) is 39.0 Å². The molecule has 19 heavy (non-hydrogen) atoms. The van der Waals surface area contributed by atoms with E-state index in [0.29, 0.717) is 18.0 Å². The monoisotopic (exact) mass is 301 g/mol. The van der Waals surface area contributed by atoms with E-state index in [9.17, 15) is 4.79 Å². The smallest absolute Gasteiger partial charge is 0.224 e. The second kappa shape index (κ2) is 7.16. The predicted octanol–water partition coefficient (Wildman–Crippen LogP) is 4.04. The van der Waals surface area contributed by atoms with E-state index in [4.69, 9.17) is 23.2 Å². The Kier molecular flexibility index (Phi) is 6.15. The van der Waals surface area contributed by atoms with Crippen molar-refractivity contribution >= 4 is 29.1 Å². The van der Waals surface area contributed by atoms with Gasteiger partial charge in [-0.15, -0.1) is 11.6 Å². The SMILES string of the molecule is CC(C)(C)CC(Cl)CNC(=O)Cc1ccc(Cl)cc1. The van der Waals surface area contributed by atoms with Gasteiger partial charge in [0.25, 0.3) is 0 Å². The Morgan fingerprint density at radius 1 is 1.26 bits per heavy atom. The summed E-state index contributed by atoms with van der Waals surface area (Å²) in [5, 5.41) is 3.51. The van der Waals surface area contributed by atoms with Crippen LogP contribution in [0.25, 0.3) is 0 Å². The average Bonchev–Trinajstić information content (AvgIpc) is 2.27. The topological polar surface area (TPSA) is 29.1 Å². The van der Waals surface area contributed by atoms with Gasteiger partial charge in [-0.2, -0.15) is 0 Å². The van der Waals surface area contributed by atoms with Crippen molar-refractivity contribution in [2.75, 3.05) is 6.54 Å². The molecule has 106 valence electrons. The molecule has 0 spiro atoms. The number of rotatable bonds is 5. The van der Waals surface area contributed by atoms with Gasteiger partial charge < -0.3 is 5.32 Å². The molecular weight excluding hydrogens is 281 g/mol. The maximum absolute atomic E-state index is 11.8. The van der Waals surface area contributed by atoms with Gasteiger partial charge in [-0.05, 0) is 29.5 Å². The van der Waals surface area contributed by atoms with Crippen molar-refractivity contribution < 1.29 is 4.79 Å². The molecule has 0 aliphatic carbocycles. The van der Waals surface area contributed by atoms with Gasteiger partial charge in [0.05, 0.1) is 11.8 Å². The Morgan fingerprint density at radius 2 is 1.84 bits per heavy atom. The number of hydrogen-bond acceptors (Lipinski definition) is 1. The largest absolute Gasteiger partial charge is 0.354 e. The van der Waals surface area contributed by atoms with Crippen LogP contribution in [0.5, 0.6) is 0 Å². The molecule has 0 aromatic heterocycles. The van der Waals surface area contributed by atoms with Crippen molar-refractivity contribution in [1.29, 1.82) is 0 Å². The first-order valence-electron chi connectivity index (χ1n) is 6.41. The van der Waals surface area contributed by atoms with Crippen LogP contribution in [0.3, 0.4) is 0 Å². The Morgan fingerprint density at radius 3 is 2.37 bits per heavy atom. The first-order valence-corrected chi connectivity index (χ1v) is 7.23. The van der Waals surface area contributed by atoms with Crippen LogP contribution in [0.15, 0.2) is 24.3 Å². The molecule has 1 aromatic rings. The summed E-state index contributed by atoms with van der Waals surface area (Å²) >= 11 is 12.0.